The Morgan fingerprint density at radius 2 is 1.82 bits per heavy atom. The van der Waals surface area contributed by atoms with Crippen LogP contribution in [0.4, 0.5) is 5.95 Å². The summed E-state index contributed by atoms with van der Waals surface area (Å²) < 4.78 is 2.19. The van der Waals surface area contributed by atoms with Gasteiger partial charge in [0.1, 0.15) is 5.82 Å². The van der Waals surface area contributed by atoms with Crippen LogP contribution in [0.3, 0.4) is 0 Å². The van der Waals surface area contributed by atoms with Crippen molar-refractivity contribution in [3.8, 4) is 11.1 Å². The molecule has 1 aliphatic rings. The van der Waals surface area contributed by atoms with Gasteiger partial charge in [0.05, 0.1) is 11.0 Å². The monoisotopic (exact) mass is 540 g/mol. The maximum atomic E-state index is 13.3. The van der Waals surface area contributed by atoms with Gasteiger partial charge in [0.2, 0.25) is 17.8 Å². The molecule has 2 aromatic heterocycles. The first-order chi connectivity index (χ1) is 19.4. The molecule has 3 heterocycles. The molecule has 2 atom stereocenters. The molecular formula is C30H36N8O2. The minimum absolute atomic E-state index is 0.0518. The molecule has 1 saturated heterocycles. The van der Waals surface area contributed by atoms with Crippen molar-refractivity contribution in [2.45, 2.75) is 51.1 Å². The number of hydrogen-bond acceptors (Lipinski definition) is 7. The summed E-state index contributed by atoms with van der Waals surface area (Å²) >= 11 is 0. The number of rotatable bonds is 9. The molecule has 40 heavy (non-hydrogen) atoms. The molecule has 2 amide bonds. The Labute approximate surface area is 233 Å². The van der Waals surface area contributed by atoms with Gasteiger partial charge in [-0.15, -0.1) is 0 Å². The molecule has 1 fully saturated rings. The number of para-hydroxylation sites is 2. The van der Waals surface area contributed by atoms with E-state index in [0.717, 1.165) is 52.9 Å². The second-order valence-electron chi connectivity index (χ2n) is 10.5. The lowest BCUT2D eigenvalue weighted by Gasteiger charge is -2.33. The highest BCUT2D eigenvalue weighted by Gasteiger charge is 2.29. The smallest absolute Gasteiger partial charge is 0.224 e. The number of aromatic nitrogens is 4. The van der Waals surface area contributed by atoms with Crippen molar-refractivity contribution in [3.05, 3.63) is 72.3 Å². The number of benzene rings is 2. The average Bonchev–Trinajstić information content (AvgIpc) is 3.32. The molecule has 208 valence electrons. The third-order valence-corrected chi connectivity index (χ3v) is 7.43. The second kappa shape index (κ2) is 12.3. The van der Waals surface area contributed by atoms with Gasteiger partial charge in [-0.3, -0.25) is 9.59 Å². The first-order valence-electron chi connectivity index (χ1n) is 13.8. The number of anilines is 1. The molecule has 5 N–H and O–H groups in total. The van der Waals surface area contributed by atoms with E-state index in [0.29, 0.717) is 32.5 Å². The number of nitrogens with two attached hydrogens (primary N) is 2. The molecule has 0 radical (unpaired) electrons. The maximum absolute atomic E-state index is 13.3. The predicted molar refractivity (Wildman–Crippen MR) is 155 cm³/mol. The van der Waals surface area contributed by atoms with E-state index in [2.05, 4.69) is 25.9 Å². The Hall–Kier alpha value is -4.31. The van der Waals surface area contributed by atoms with Crippen LogP contribution in [-0.4, -0.2) is 61.9 Å². The van der Waals surface area contributed by atoms with Gasteiger partial charge < -0.3 is 26.3 Å². The standard InChI is InChI=1S/C30H36N8O2/c1-20(39)33-12-14-38-27-7-3-2-6-26(27)36-29(38)23-5-4-13-37(19-23)28(40)16-25(31)15-21-8-10-22(11-9-21)24-17-34-30(32)35-18-24/h2-3,6-11,17-18,23,25H,4-5,12-16,19,31H2,1H3,(H,33,39)(H2,32,34,35). The zero-order chi connectivity index (χ0) is 28.1. The molecule has 10 heteroatoms. The zero-order valence-corrected chi connectivity index (χ0v) is 22.8. The van der Waals surface area contributed by atoms with Crippen LogP contribution in [-0.2, 0) is 22.6 Å². The minimum Gasteiger partial charge on any atom is -0.368 e. The molecule has 5 rings (SSSR count). The quantitative estimate of drug-likeness (QED) is 0.296. The van der Waals surface area contributed by atoms with E-state index in [-0.39, 0.29) is 29.7 Å². The zero-order valence-electron chi connectivity index (χ0n) is 22.8. The lowest BCUT2D eigenvalue weighted by atomic mass is 9.95. The van der Waals surface area contributed by atoms with Gasteiger partial charge in [0.25, 0.3) is 0 Å². The van der Waals surface area contributed by atoms with Crippen molar-refractivity contribution >= 4 is 28.8 Å². The number of imidazole rings is 1. The van der Waals surface area contributed by atoms with Gasteiger partial charge in [-0.2, -0.15) is 0 Å². The summed E-state index contributed by atoms with van der Waals surface area (Å²) in [7, 11) is 0. The first-order valence-corrected chi connectivity index (χ1v) is 13.8. The third-order valence-electron chi connectivity index (χ3n) is 7.43. The normalized spacial score (nSPS) is 16.1. The summed E-state index contributed by atoms with van der Waals surface area (Å²) in [5.74, 6) is 1.37. The van der Waals surface area contributed by atoms with E-state index in [4.69, 9.17) is 16.5 Å². The predicted octanol–water partition coefficient (Wildman–Crippen LogP) is 2.88. The number of likely N-dealkylation sites (tertiary alicyclic amines) is 1. The number of nitrogens with one attached hydrogen (secondary N) is 1. The van der Waals surface area contributed by atoms with Crippen LogP contribution < -0.4 is 16.8 Å². The van der Waals surface area contributed by atoms with Gasteiger partial charge in [0, 0.05) is 69.4 Å². The number of carbonyl (C=O) groups excluding carboxylic acids is 2. The number of nitrogens with zero attached hydrogens (tertiary/aromatic N) is 5. The highest BCUT2D eigenvalue weighted by atomic mass is 16.2. The Morgan fingerprint density at radius 3 is 2.58 bits per heavy atom. The number of nitrogen functional groups attached to an aromatic ring is 1. The van der Waals surface area contributed by atoms with Crippen molar-refractivity contribution in [1.82, 2.24) is 29.7 Å². The number of amides is 2. The molecule has 4 aromatic rings. The molecule has 0 spiro atoms. The van der Waals surface area contributed by atoms with Crippen molar-refractivity contribution < 1.29 is 9.59 Å². The summed E-state index contributed by atoms with van der Waals surface area (Å²) in [6.07, 6.45) is 6.18. The Morgan fingerprint density at radius 1 is 1.07 bits per heavy atom. The van der Waals surface area contributed by atoms with Gasteiger partial charge >= 0.3 is 0 Å². The van der Waals surface area contributed by atoms with E-state index in [9.17, 15) is 9.59 Å². The second-order valence-corrected chi connectivity index (χ2v) is 10.5. The van der Waals surface area contributed by atoms with Gasteiger partial charge in [-0.1, -0.05) is 36.4 Å². The number of hydrogen-bond donors (Lipinski definition) is 3. The largest absolute Gasteiger partial charge is 0.368 e. The van der Waals surface area contributed by atoms with Crippen molar-refractivity contribution in [3.63, 3.8) is 0 Å². The number of carbonyl (C=O) groups is 2. The Kier molecular flexibility index (Phi) is 8.35. The van der Waals surface area contributed by atoms with Crippen LogP contribution in [0.1, 0.15) is 43.5 Å². The van der Waals surface area contributed by atoms with Gasteiger partial charge in [0.15, 0.2) is 0 Å². The lowest BCUT2D eigenvalue weighted by Crippen LogP contribution is -2.42. The molecule has 2 aromatic carbocycles. The number of piperidine rings is 1. The van der Waals surface area contributed by atoms with E-state index >= 15 is 0 Å². The van der Waals surface area contributed by atoms with Gasteiger partial charge in [-0.05, 0) is 42.5 Å². The van der Waals surface area contributed by atoms with Crippen LogP contribution in [0, 0.1) is 0 Å². The summed E-state index contributed by atoms with van der Waals surface area (Å²) in [4.78, 5) is 39.7. The van der Waals surface area contributed by atoms with E-state index in [1.165, 1.54) is 6.92 Å². The summed E-state index contributed by atoms with van der Waals surface area (Å²) in [6, 6.07) is 15.8. The fraction of sp³-hybridized carbons (Fsp3) is 0.367. The van der Waals surface area contributed by atoms with E-state index < -0.39 is 0 Å². The molecular weight excluding hydrogens is 504 g/mol. The maximum Gasteiger partial charge on any atom is 0.224 e. The fourth-order valence-electron chi connectivity index (χ4n) is 5.45. The van der Waals surface area contributed by atoms with E-state index in [1.807, 2.05) is 47.4 Å². The Balaban J connectivity index is 1.21. The van der Waals surface area contributed by atoms with Crippen molar-refractivity contribution in [1.29, 1.82) is 0 Å². The summed E-state index contributed by atoms with van der Waals surface area (Å²) in [5, 5.41) is 2.88. The SMILES string of the molecule is CC(=O)NCCn1c(C2CCCN(C(=O)CC(N)Cc3ccc(-c4cnc(N)nc4)cc3)C2)nc2ccccc21. The Bertz CT molecular complexity index is 1470. The molecule has 0 saturated carbocycles. The first kappa shape index (κ1) is 27.3. The molecule has 0 aliphatic carbocycles. The topological polar surface area (TPSA) is 145 Å². The molecule has 2 unspecified atom stereocenters. The fourth-order valence-corrected chi connectivity index (χ4v) is 5.45. The van der Waals surface area contributed by atoms with Gasteiger partial charge in [-0.25, -0.2) is 15.0 Å². The van der Waals surface area contributed by atoms with Crippen molar-refractivity contribution in [2.75, 3.05) is 25.4 Å². The summed E-state index contributed by atoms with van der Waals surface area (Å²) in [5.41, 5.74) is 17.0. The minimum atomic E-state index is -0.277. The highest BCUT2D eigenvalue weighted by molar-refractivity contribution is 5.78. The summed E-state index contributed by atoms with van der Waals surface area (Å²) in [6.45, 7) is 4.03. The average molecular weight is 541 g/mol. The lowest BCUT2D eigenvalue weighted by molar-refractivity contribution is -0.132. The highest BCUT2D eigenvalue weighted by Crippen LogP contribution is 2.30. The molecule has 10 nitrogen and oxygen atoms in total. The van der Waals surface area contributed by atoms with Crippen molar-refractivity contribution in [2.24, 2.45) is 5.73 Å². The van der Waals surface area contributed by atoms with Crippen LogP contribution in [0.15, 0.2) is 60.9 Å². The van der Waals surface area contributed by atoms with Crippen LogP contribution in [0.5, 0.6) is 0 Å². The van der Waals surface area contributed by atoms with E-state index in [1.54, 1.807) is 12.4 Å². The van der Waals surface area contributed by atoms with Crippen LogP contribution >= 0.6 is 0 Å². The molecule has 1 aliphatic heterocycles. The van der Waals surface area contributed by atoms with Crippen LogP contribution in [0.25, 0.3) is 22.2 Å². The molecule has 0 bridgehead atoms. The third kappa shape index (κ3) is 6.45. The van der Waals surface area contributed by atoms with Crippen LogP contribution in [0.2, 0.25) is 0 Å². The number of fused-ring (bicyclic) bond motifs is 1.